The van der Waals surface area contributed by atoms with E-state index in [2.05, 4.69) is 0 Å². The fourth-order valence-electron chi connectivity index (χ4n) is 1.32. The van der Waals surface area contributed by atoms with Crippen LogP contribution in [0.5, 0.6) is 5.75 Å². The van der Waals surface area contributed by atoms with Crippen LogP contribution in [-0.4, -0.2) is 35.6 Å². The van der Waals surface area contributed by atoms with E-state index in [9.17, 15) is 4.79 Å². The summed E-state index contributed by atoms with van der Waals surface area (Å²) in [5.41, 5.74) is 0.713. The maximum Gasteiger partial charge on any atom is 0.172 e. The van der Waals surface area contributed by atoms with E-state index in [-0.39, 0.29) is 12.4 Å². The molecule has 3 nitrogen and oxygen atoms in total. The van der Waals surface area contributed by atoms with E-state index in [4.69, 9.17) is 9.84 Å². The van der Waals surface area contributed by atoms with Crippen LogP contribution >= 0.6 is 11.8 Å². The fraction of sp³-hybridized carbons (Fsp3) is 0.462. The molecule has 0 bridgehead atoms. The molecule has 0 atom stereocenters. The molecule has 0 saturated carbocycles. The monoisotopic (exact) mass is 254 g/mol. The molecule has 0 aliphatic rings. The van der Waals surface area contributed by atoms with Gasteiger partial charge in [-0.15, -0.1) is 0 Å². The van der Waals surface area contributed by atoms with Crippen LogP contribution in [-0.2, 0) is 0 Å². The van der Waals surface area contributed by atoms with Gasteiger partial charge in [-0.05, 0) is 43.4 Å². The number of rotatable bonds is 8. The minimum absolute atomic E-state index is 0.121. The number of carbonyl (C=O) groups excluding carboxylic acids is 1. The number of hydrogen-bond acceptors (Lipinski definition) is 4. The topological polar surface area (TPSA) is 46.5 Å². The molecule has 0 aliphatic heterocycles. The molecule has 0 amide bonds. The van der Waals surface area contributed by atoms with Crippen LogP contribution in [0.2, 0.25) is 0 Å². The van der Waals surface area contributed by atoms with Crippen molar-refractivity contribution in [2.45, 2.75) is 13.3 Å². The van der Waals surface area contributed by atoms with Gasteiger partial charge in [0.25, 0.3) is 0 Å². The zero-order valence-corrected chi connectivity index (χ0v) is 10.8. The van der Waals surface area contributed by atoms with E-state index in [0.29, 0.717) is 17.9 Å². The first-order valence-corrected chi connectivity index (χ1v) is 6.88. The molecule has 1 aromatic rings. The van der Waals surface area contributed by atoms with Crippen LogP contribution in [0, 0.1) is 0 Å². The molecule has 1 rings (SSSR count). The molecule has 0 fully saturated rings. The largest absolute Gasteiger partial charge is 0.494 e. The van der Waals surface area contributed by atoms with Crippen molar-refractivity contribution < 1.29 is 14.6 Å². The Balaban J connectivity index is 2.40. The van der Waals surface area contributed by atoms with Crippen LogP contribution in [0.3, 0.4) is 0 Å². The first-order chi connectivity index (χ1) is 8.27. The number of thioether (sulfide) groups is 1. The van der Waals surface area contributed by atoms with E-state index in [1.54, 1.807) is 23.9 Å². The summed E-state index contributed by atoms with van der Waals surface area (Å²) >= 11 is 1.55. The molecule has 4 heteroatoms. The minimum Gasteiger partial charge on any atom is -0.494 e. The Morgan fingerprint density at radius 2 is 2.06 bits per heavy atom. The summed E-state index contributed by atoms with van der Waals surface area (Å²) in [6, 6.07) is 7.21. The number of carbonyl (C=O) groups is 1. The van der Waals surface area contributed by atoms with E-state index in [1.165, 1.54) is 0 Å². The van der Waals surface area contributed by atoms with Gasteiger partial charge in [0.05, 0.1) is 12.4 Å². The fourth-order valence-corrected chi connectivity index (χ4v) is 2.15. The second-order valence-corrected chi connectivity index (χ2v) is 4.62. The number of ketones is 1. The molecule has 0 unspecified atom stereocenters. The lowest BCUT2D eigenvalue weighted by atomic mass is 10.1. The molecular formula is C13H18O3S. The second-order valence-electron chi connectivity index (χ2n) is 3.51. The molecule has 0 heterocycles. The average molecular weight is 254 g/mol. The van der Waals surface area contributed by atoms with Crippen molar-refractivity contribution in [3.8, 4) is 5.75 Å². The van der Waals surface area contributed by atoms with Crippen molar-refractivity contribution in [3.05, 3.63) is 29.8 Å². The quantitative estimate of drug-likeness (QED) is 0.571. The van der Waals surface area contributed by atoms with E-state index in [0.717, 1.165) is 17.9 Å². The number of benzene rings is 1. The number of hydrogen-bond donors (Lipinski definition) is 1. The van der Waals surface area contributed by atoms with Gasteiger partial charge in [-0.25, -0.2) is 0 Å². The Kier molecular flexibility index (Phi) is 6.74. The van der Waals surface area contributed by atoms with Gasteiger partial charge in [0.15, 0.2) is 5.78 Å². The van der Waals surface area contributed by atoms with Crippen molar-refractivity contribution in [2.75, 3.05) is 24.7 Å². The van der Waals surface area contributed by atoms with Crippen LogP contribution in [0.1, 0.15) is 23.7 Å². The highest BCUT2D eigenvalue weighted by Gasteiger charge is 2.05. The van der Waals surface area contributed by atoms with Crippen molar-refractivity contribution >= 4 is 17.5 Å². The maximum absolute atomic E-state index is 11.8. The Hall–Kier alpha value is -1.00. The zero-order valence-electron chi connectivity index (χ0n) is 10.0. The Labute approximate surface area is 106 Å². The van der Waals surface area contributed by atoms with Gasteiger partial charge >= 0.3 is 0 Å². The highest BCUT2D eigenvalue weighted by Crippen LogP contribution is 2.14. The van der Waals surface area contributed by atoms with Crippen molar-refractivity contribution in [2.24, 2.45) is 0 Å². The molecule has 0 saturated heterocycles. The van der Waals surface area contributed by atoms with Gasteiger partial charge in [0, 0.05) is 12.2 Å². The third-order valence-electron chi connectivity index (χ3n) is 2.17. The highest BCUT2D eigenvalue weighted by atomic mass is 32.2. The molecule has 0 radical (unpaired) electrons. The molecule has 17 heavy (non-hydrogen) atoms. The number of ether oxygens (including phenoxy) is 1. The Morgan fingerprint density at radius 3 is 2.65 bits per heavy atom. The van der Waals surface area contributed by atoms with Crippen LogP contribution in [0.15, 0.2) is 24.3 Å². The highest BCUT2D eigenvalue weighted by molar-refractivity contribution is 7.99. The predicted octanol–water partition coefficient (Wildman–Crippen LogP) is 2.38. The van der Waals surface area contributed by atoms with Crippen LogP contribution in [0.25, 0.3) is 0 Å². The Bertz CT molecular complexity index is 335. The summed E-state index contributed by atoms with van der Waals surface area (Å²) in [6.07, 6.45) is 0.737. The second kappa shape index (κ2) is 8.14. The van der Waals surface area contributed by atoms with Crippen LogP contribution < -0.4 is 4.74 Å². The summed E-state index contributed by atoms with van der Waals surface area (Å²) in [4.78, 5) is 11.8. The first-order valence-electron chi connectivity index (χ1n) is 5.72. The SMILES string of the molecule is CCOc1ccc(C(=O)CSCCCO)cc1. The summed E-state index contributed by atoms with van der Waals surface area (Å²) in [5, 5.41) is 8.62. The van der Waals surface area contributed by atoms with Gasteiger partial charge < -0.3 is 9.84 Å². The minimum atomic E-state index is 0.121. The third kappa shape index (κ3) is 5.24. The standard InChI is InChI=1S/C13H18O3S/c1-2-16-12-6-4-11(5-7-12)13(15)10-17-9-3-8-14/h4-7,14H,2-3,8-10H2,1H3. The number of aliphatic hydroxyl groups is 1. The molecule has 0 aromatic heterocycles. The van der Waals surface area contributed by atoms with E-state index in [1.807, 2.05) is 19.1 Å². The molecule has 0 aliphatic carbocycles. The van der Waals surface area contributed by atoms with Crippen LogP contribution in [0.4, 0.5) is 0 Å². The van der Waals surface area contributed by atoms with Gasteiger partial charge in [-0.1, -0.05) is 0 Å². The smallest absolute Gasteiger partial charge is 0.172 e. The maximum atomic E-state index is 11.8. The van der Waals surface area contributed by atoms with Crippen molar-refractivity contribution in [3.63, 3.8) is 0 Å². The summed E-state index contributed by atoms with van der Waals surface area (Å²) in [5.74, 6) is 2.20. The van der Waals surface area contributed by atoms with Gasteiger partial charge in [0.2, 0.25) is 0 Å². The third-order valence-corrected chi connectivity index (χ3v) is 3.21. The Morgan fingerprint density at radius 1 is 1.35 bits per heavy atom. The lowest BCUT2D eigenvalue weighted by Crippen LogP contribution is -2.03. The molecular weight excluding hydrogens is 236 g/mol. The van der Waals surface area contributed by atoms with Gasteiger partial charge in [-0.3, -0.25) is 4.79 Å². The molecule has 1 aromatic carbocycles. The van der Waals surface area contributed by atoms with E-state index < -0.39 is 0 Å². The van der Waals surface area contributed by atoms with Crippen molar-refractivity contribution in [1.29, 1.82) is 0 Å². The number of Topliss-reactive ketones (excluding diaryl/α,β-unsaturated/α-hetero) is 1. The summed E-state index contributed by atoms with van der Waals surface area (Å²) in [6.45, 7) is 2.74. The van der Waals surface area contributed by atoms with E-state index >= 15 is 0 Å². The first kappa shape index (κ1) is 14.1. The molecule has 1 N–H and O–H groups in total. The zero-order chi connectivity index (χ0) is 12.5. The average Bonchev–Trinajstić information content (AvgIpc) is 2.36. The van der Waals surface area contributed by atoms with Gasteiger partial charge in [-0.2, -0.15) is 11.8 Å². The predicted molar refractivity (Wildman–Crippen MR) is 71.0 cm³/mol. The van der Waals surface area contributed by atoms with Gasteiger partial charge in [0.1, 0.15) is 5.75 Å². The lowest BCUT2D eigenvalue weighted by Gasteiger charge is -2.04. The van der Waals surface area contributed by atoms with Crippen molar-refractivity contribution in [1.82, 2.24) is 0 Å². The lowest BCUT2D eigenvalue weighted by molar-refractivity contribution is 0.102. The number of aliphatic hydroxyl groups excluding tert-OH is 1. The molecule has 94 valence electrons. The molecule has 0 spiro atoms. The normalized spacial score (nSPS) is 10.2. The summed E-state index contributed by atoms with van der Waals surface area (Å²) in [7, 11) is 0. The summed E-state index contributed by atoms with van der Waals surface area (Å²) < 4.78 is 5.31.